The fourth-order valence-electron chi connectivity index (χ4n) is 2.64. The molecule has 2 atom stereocenters. The molecule has 4 nitrogen and oxygen atoms in total. The topological polar surface area (TPSA) is 71.2 Å². The van der Waals surface area contributed by atoms with Crippen LogP contribution in [0.15, 0.2) is 30.5 Å². The van der Waals surface area contributed by atoms with Gasteiger partial charge in [-0.3, -0.25) is 4.98 Å². The number of nitrogens with zero attached hydrogens (tertiary/aromatic N) is 1. The summed E-state index contributed by atoms with van der Waals surface area (Å²) in [5, 5.41) is 14.3. The molecule has 1 aliphatic rings. The Bertz CT molecular complexity index is 624. The van der Waals surface area contributed by atoms with E-state index in [4.69, 9.17) is 5.73 Å². The molecule has 1 aromatic heterocycles. The zero-order valence-electron chi connectivity index (χ0n) is 11.2. The van der Waals surface area contributed by atoms with Crippen LogP contribution in [0.1, 0.15) is 20.3 Å². The Kier molecular flexibility index (Phi) is 2.64. The number of fused-ring (bicyclic) bond motifs is 1. The Balaban J connectivity index is 1.99. The third-order valence-corrected chi connectivity index (χ3v) is 4.34. The Labute approximate surface area is 112 Å². The first-order chi connectivity index (χ1) is 9.00. The van der Waals surface area contributed by atoms with Crippen molar-refractivity contribution in [2.45, 2.75) is 32.4 Å². The van der Waals surface area contributed by atoms with E-state index in [0.717, 1.165) is 23.0 Å². The zero-order chi connectivity index (χ0) is 13.6. The van der Waals surface area contributed by atoms with Crippen LogP contribution in [0.4, 0.5) is 11.4 Å². The van der Waals surface area contributed by atoms with Gasteiger partial charge in [-0.25, -0.2) is 0 Å². The zero-order valence-corrected chi connectivity index (χ0v) is 11.2. The Morgan fingerprint density at radius 3 is 2.79 bits per heavy atom. The van der Waals surface area contributed by atoms with Crippen LogP contribution in [0.2, 0.25) is 0 Å². The maximum Gasteiger partial charge on any atom is 0.0743 e. The number of anilines is 2. The summed E-state index contributed by atoms with van der Waals surface area (Å²) >= 11 is 0. The largest absolute Gasteiger partial charge is 0.396 e. The number of hydrogen-bond acceptors (Lipinski definition) is 4. The summed E-state index contributed by atoms with van der Waals surface area (Å²) in [6, 6.07) is 8.17. The standard InChI is InChI=1S/C15H19N3O/c1-15(2)12(7-13(15)19)18-14-9-5-3-4-6-11(9)17-8-10(14)16/h3-6,8,12-13,19H,7,16H2,1-2H3,(H,17,18). The molecule has 1 heterocycles. The normalized spacial score (nSPS) is 25.0. The number of nitrogens with two attached hydrogens (primary N) is 1. The van der Waals surface area contributed by atoms with Crippen molar-refractivity contribution < 1.29 is 5.11 Å². The van der Waals surface area contributed by atoms with Crippen molar-refractivity contribution in [2.75, 3.05) is 11.1 Å². The number of para-hydroxylation sites is 1. The van der Waals surface area contributed by atoms with Crippen LogP contribution in [0, 0.1) is 5.41 Å². The van der Waals surface area contributed by atoms with E-state index in [0.29, 0.717) is 5.69 Å². The fraction of sp³-hybridized carbons (Fsp3) is 0.400. The van der Waals surface area contributed by atoms with Crippen molar-refractivity contribution in [2.24, 2.45) is 5.41 Å². The second kappa shape index (κ2) is 4.10. The molecule has 3 rings (SSSR count). The van der Waals surface area contributed by atoms with Gasteiger partial charge in [0.2, 0.25) is 0 Å². The summed E-state index contributed by atoms with van der Waals surface area (Å²) in [6.45, 7) is 4.14. The van der Waals surface area contributed by atoms with Gasteiger partial charge in [-0.1, -0.05) is 32.0 Å². The van der Waals surface area contributed by atoms with E-state index in [1.165, 1.54) is 0 Å². The van der Waals surface area contributed by atoms with Crippen LogP contribution in [0.25, 0.3) is 10.9 Å². The average Bonchev–Trinajstić information content (AvgIpc) is 2.41. The highest BCUT2D eigenvalue weighted by molar-refractivity contribution is 5.97. The minimum Gasteiger partial charge on any atom is -0.396 e. The molecule has 1 aromatic carbocycles. The van der Waals surface area contributed by atoms with Crippen molar-refractivity contribution in [3.05, 3.63) is 30.5 Å². The van der Waals surface area contributed by atoms with E-state index >= 15 is 0 Å². The summed E-state index contributed by atoms with van der Waals surface area (Å²) in [5.41, 5.74) is 8.42. The Hall–Kier alpha value is -1.81. The molecule has 1 fully saturated rings. The molecule has 1 aliphatic carbocycles. The number of pyridine rings is 1. The first kappa shape index (κ1) is 12.2. The van der Waals surface area contributed by atoms with Crippen LogP contribution < -0.4 is 11.1 Å². The molecule has 100 valence electrons. The maximum absolute atomic E-state index is 9.82. The molecule has 2 aromatic rings. The Morgan fingerprint density at radius 1 is 1.37 bits per heavy atom. The van der Waals surface area contributed by atoms with Gasteiger partial charge in [-0.05, 0) is 12.5 Å². The molecule has 4 heteroatoms. The summed E-state index contributed by atoms with van der Waals surface area (Å²) in [6.07, 6.45) is 2.19. The minimum atomic E-state index is -0.251. The lowest BCUT2D eigenvalue weighted by atomic mass is 9.64. The number of aliphatic hydroxyl groups excluding tert-OH is 1. The number of hydrogen-bond donors (Lipinski definition) is 3. The van der Waals surface area contributed by atoms with Crippen molar-refractivity contribution in [3.63, 3.8) is 0 Å². The molecule has 0 amide bonds. The van der Waals surface area contributed by atoms with Gasteiger partial charge in [-0.2, -0.15) is 0 Å². The maximum atomic E-state index is 9.82. The number of nitrogens with one attached hydrogen (secondary N) is 1. The molecular weight excluding hydrogens is 238 g/mol. The highest BCUT2D eigenvalue weighted by Crippen LogP contribution is 2.43. The van der Waals surface area contributed by atoms with E-state index in [2.05, 4.69) is 24.1 Å². The molecule has 4 N–H and O–H groups in total. The van der Waals surface area contributed by atoms with Crippen LogP contribution in [-0.2, 0) is 0 Å². The highest BCUT2D eigenvalue weighted by atomic mass is 16.3. The van der Waals surface area contributed by atoms with Gasteiger partial charge >= 0.3 is 0 Å². The van der Waals surface area contributed by atoms with Crippen molar-refractivity contribution in [1.29, 1.82) is 0 Å². The van der Waals surface area contributed by atoms with Gasteiger partial charge in [0.15, 0.2) is 0 Å². The molecule has 19 heavy (non-hydrogen) atoms. The molecular formula is C15H19N3O. The number of benzene rings is 1. The van der Waals surface area contributed by atoms with Crippen LogP contribution in [0.5, 0.6) is 0 Å². The summed E-state index contributed by atoms with van der Waals surface area (Å²) in [7, 11) is 0. The van der Waals surface area contributed by atoms with Gasteiger partial charge in [0.1, 0.15) is 0 Å². The lowest BCUT2D eigenvalue weighted by molar-refractivity contribution is -0.0509. The first-order valence-corrected chi connectivity index (χ1v) is 6.58. The monoisotopic (exact) mass is 257 g/mol. The van der Waals surface area contributed by atoms with Crippen molar-refractivity contribution in [3.8, 4) is 0 Å². The quantitative estimate of drug-likeness (QED) is 0.772. The minimum absolute atomic E-state index is 0.128. The van der Waals surface area contributed by atoms with Gasteiger partial charge in [0, 0.05) is 16.8 Å². The molecule has 0 bridgehead atoms. The predicted molar refractivity (Wildman–Crippen MR) is 78.0 cm³/mol. The average molecular weight is 257 g/mol. The number of nitrogen functional groups attached to an aromatic ring is 1. The van der Waals surface area contributed by atoms with Crippen LogP contribution in [0.3, 0.4) is 0 Å². The van der Waals surface area contributed by atoms with E-state index in [-0.39, 0.29) is 17.6 Å². The number of aliphatic hydroxyl groups is 1. The van der Waals surface area contributed by atoms with Gasteiger partial charge in [0.05, 0.1) is 29.2 Å². The smallest absolute Gasteiger partial charge is 0.0743 e. The fourth-order valence-corrected chi connectivity index (χ4v) is 2.64. The van der Waals surface area contributed by atoms with Gasteiger partial charge < -0.3 is 16.2 Å². The van der Waals surface area contributed by atoms with E-state index in [9.17, 15) is 5.11 Å². The summed E-state index contributed by atoms with van der Waals surface area (Å²) in [4.78, 5) is 4.33. The second-order valence-electron chi connectivity index (χ2n) is 5.88. The van der Waals surface area contributed by atoms with E-state index in [1.54, 1.807) is 6.20 Å². The summed E-state index contributed by atoms with van der Waals surface area (Å²) in [5.74, 6) is 0. The highest BCUT2D eigenvalue weighted by Gasteiger charge is 2.47. The molecule has 2 unspecified atom stereocenters. The molecule has 0 aliphatic heterocycles. The van der Waals surface area contributed by atoms with Crippen LogP contribution in [-0.4, -0.2) is 22.2 Å². The summed E-state index contributed by atoms with van der Waals surface area (Å²) < 4.78 is 0. The van der Waals surface area contributed by atoms with Crippen molar-refractivity contribution >= 4 is 22.3 Å². The number of aromatic nitrogens is 1. The SMILES string of the molecule is CC1(C)C(O)CC1Nc1c(N)cnc2ccccc12. The molecule has 0 spiro atoms. The Morgan fingerprint density at radius 2 is 2.11 bits per heavy atom. The lowest BCUT2D eigenvalue weighted by Crippen LogP contribution is -2.57. The van der Waals surface area contributed by atoms with Crippen LogP contribution >= 0.6 is 0 Å². The first-order valence-electron chi connectivity index (χ1n) is 6.58. The molecule has 0 saturated heterocycles. The third kappa shape index (κ3) is 1.83. The van der Waals surface area contributed by atoms with Crippen molar-refractivity contribution in [1.82, 2.24) is 4.98 Å². The van der Waals surface area contributed by atoms with E-state index < -0.39 is 0 Å². The molecule has 1 saturated carbocycles. The number of rotatable bonds is 2. The van der Waals surface area contributed by atoms with Gasteiger partial charge in [-0.15, -0.1) is 0 Å². The predicted octanol–water partition coefficient (Wildman–Crippen LogP) is 2.39. The molecule has 0 radical (unpaired) electrons. The third-order valence-electron chi connectivity index (χ3n) is 4.34. The second-order valence-corrected chi connectivity index (χ2v) is 5.88. The van der Waals surface area contributed by atoms with E-state index in [1.807, 2.05) is 24.3 Å². The van der Waals surface area contributed by atoms with Gasteiger partial charge in [0.25, 0.3) is 0 Å². The lowest BCUT2D eigenvalue weighted by Gasteiger charge is -2.50.